The van der Waals surface area contributed by atoms with E-state index in [1.165, 1.54) is 5.56 Å². The van der Waals surface area contributed by atoms with Crippen LogP contribution < -0.4 is 5.19 Å². The van der Waals surface area contributed by atoms with Crippen LogP contribution in [0.4, 0.5) is 0 Å². The molecule has 0 heterocycles. The first-order valence-electron chi connectivity index (χ1n) is 8.30. The van der Waals surface area contributed by atoms with Crippen molar-refractivity contribution in [2.45, 2.75) is 40.4 Å². The minimum Gasteiger partial charge on any atom is -0.291 e. The fraction of sp³-hybridized carbons (Fsp3) is 0.556. The van der Waals surface area contributed by atoms with E-state index in [-0.39, 0.29) is 9.52 Å². The minimum atomic E-state index is -0.379. The summed E-state index contributed by atoms with van der Waals surface area (Å²) in [6, 6.07) is 9.02. The number of nitrogens with zero attached hydrogens (tertiary/aromatic N) is 2. The van der Waals surface area contributed by atoms with Crippen molar-refractivity contribution in [3.63, 3.8) is 0 Å². The molecule has 0 spiro atoms. The van der Waals surface area contributed by atoms with E-state index in [1.807, 2.05) is 0 Å². The van der Waals surface area contributed by atoms with E-state index in [0.717, 1.165) is 31.8 Å². The third-order valence-electron chi connectivity index (χ3n) is 4.31. The van der Waals surface area contributed by atoms with Gasteiger partial charge in [0.05, 0.1) is 9.52 Å². The van der Waals surface area contributed by atoms with Gasteiger partial charge in [-0.15, -0.1) is 0 Å². The molecule has 0 saturated heterocycles. The second-order valence-corrected chi connectivity index (χ2v) is 7.56. The fourth-order valence-electron chi connectivity index (χ4n) is 2.95. The summed E-state index contributed by atoms with van der Waals surface area (Å²) in [6.07, 6.45) is 0. The summed E-state index contributed by atoms with van der Waals surface area (Å²) in [4.78, 5) is 5.24. The zero-order valence-corrected chi connectivity index (χ0v) is 15.9. The van der Waals surface area contributed by atoms with Gasteiger partial charge in [-0.3, -0.25) is 9.80 Å². The van der Waals surface area contributed by atoms with Crippen LogP contribution in [0.1, 0.15) is 40.2 Å². The highest BCUT2D eigenvalue weighted by Gasteiger charge is 2.22. The van der Waals surface area contributed by atoms with Crippen molar-refractivity contribution in [1.82, 2.24) is 9.80 Å². The summed E-state index contributed by atoms with van der Waals surface area (Å²) in [5, 5.41) is 1.54. The molecule has 1 rings (SSSR count). The molecule has 0 saturated carbocycles. The second kappa shape index (κ2) is 9.18. The summed E-state index contributed by atoms with van der Waals surface area (Å²) in [5.41, 5.74) is 2.45. The largest absolute Gasteiger partial charge is 0.291 e. The van der Waals surface area contributed by atoms with E-state index in [9.17, 15) is 0 Å². The molecule has 0 amide bonds. The van der Waals surface area contributed by atoms with Crippen molar-refractivity contribution in [3.8, 4) is 0 Å². The Labute approximate surface area is 133 Å². The topological polar surface area (TPSA) is 6.48 Å². The molecule has 0 aliphatic rings. The molecule has 0 aliphatic carbocycles. The Kier molecular flexibility index (Phi) is 7.94. The van der Waals surface area contributed by atoms with Crippen LogP contribution in [-0.2, 0) is 0 Å². The number of rotatable bonds is 9. The summed E-state index contributed by atoms with van der Waals surface area (Å²) < 4.78 is 0. The summed E-state index contributed by atoms with van der Waals surface area (Å²) >= 11 is 0. The van der Waals surface area contributed by atoms with Gasteiger partial charge in [0.1, 0.15) is 0 Å². The van der Waals surface area contributed by atoms with Crippen molar-refractivity contribution < 1.29 is 0 Å². The molecule has 118 valence electrons. The van der Waals surface area contributed by atoms with E-state index >= 15 is 0 Å². The predicted molar refractivity (Wildman–Crippen MR) is 99.0 cm³/mol. The Balaban J connectivity index is 2.99. The average molecular weight is 305 g/mol. The van der Waals surface area contributed by atoms with Crippen LogP contribution >= 0.6 is 0 Å². The smallest absolute Gasteiger partial charge is 0.0923 e. The third kappa shape index (κ3) is 5.10. The van der Waals surface area contributed by atoms with Crippen LogP contribution in [0, 0.1) is 0 Å². The van der Waals surface area contributed by atoms with Gasteiger partial charge >= 0.3 is 0 Å². The molecule has 0 aliphatic heterocycles. The molecule has 1 aromatic rings. The van der Waals surface area contributed by atoms with Crippen LogP contribution in [0.15, 0.2) is 30.8 Å². The molecule has 2 nitrogen and oxygen atoms in total. The van der Waals surface area contributed by atoms with Gasteiger partial charge in [-0.25, -0.2) is 0 Å². The van der Waals surface area contributed by atoms with Gasteiger partial charge in [0.2, 0.25) is 0 Å². The molecule has 0 atom stereocenters. The van der Waals surface area contributed by atoms with Gasteiger partial charge in [0.15, 0.2) is 0 Å². The molecular weight excluding hydrogens is 272 g/mol. The monoisotopic (exact) mass is 304 g/mol. The van der Waals surface area contributed by atoms with Gasteiger partial charge in [-0.1, -0.05) is 69.3 Å². The van der Waals surface area contributed by atoms with Crippen LogP contribution in [0.2, 0.25) is 0 Å². The lowest BCUT2D eigenvalue weighted by molar-refractivity contribution is 0.116. The van der Waals surface area contributed by atoms with Crippen LogP contribution in [0.3, 0.4) is 0 Å². The first-order valence-corrected chi connectivity index (χ1v) is 9.82. The van der Waals surface area contributed by atoms with Crippen LogP contribution in [0.5, 0.6) is 0 Å². The fourth-order valence-corrected chi connectivity index (χ4v) is 5.53. The number of hydrogen-bond donors (Lipinski definition) is 0. The van der Waals surface area contributed by atoms with E-state index in [2.05, 4.69) is 75.3 Å². The molecule has 1 aromatic carbocycles. The minimum absolute atomic E-state index is 0.379. The van der Waals surface area contributed by atoms with E-state index in [4.69, 9.17) is 0 Å². The molecule has 0 bridgehead atoms. The third-order valence-corrected chi connectivity index (χ3v) is 6.61. The van der Waals surface area contributed by atoms with Crippen molar-refractivity contribution >= 4 is 20.3 Å². The Morgan fingerprint density at radius 2 is 1.57 bits per heavy atom. The summed E-state index contributed by atoms with van der Waals surface area (Å²) in [6.45, 7) is 19.8. The Morgan fingerprint density at radius 1 is 1.05 bits per heavy atom. The molecule has 21 heavy (non-hydrogen) atoms. The Hall–Kier alpha value is -0.903. The van der Waals surface area contributed by atoms with Crippen molar-refractivity contribution in [3.05, 3.63) is 36.4 Å². The number of hydrogen-bond acceptors (Lipinski definition) is 2. The second-order valence-electron chi connectivity index (χ2n) is 5.61. The standard InChI is InChI=1S/C18H32N2Si/c1-7-19(8-2)18(20(9-3)10-4)21-17-13-11-12-16(14-17)15(5)6/h11-14,18H,5,7-10,21H2,1-4,6H3. The zero-order chi connectivity index (χ0) is 15.8. The molecule has 0 fully saturated rings. The lowest BCUT2D eigenvalue weighted by atomic mass is 10.1. The maximum absolute atomic E-state index is 4.08. The van der Waals surface area contributed by atoms with E-state index in [1.54, 1.807) is 5.19 Å². The van der Waals surface area contributed by atoms with Gasteiger partial charge in [0.25, 0.3) is 0 Å². The lowest BCUT2D eigenvalue weighted by Crippen LogP contribution is -2.54. The van der Waals surface area contributed by atoms with E-state index in [0.29, 0.717) is 5.79 Å². The SMILES string of the molecule is C=C(C)c1cccc([SiH2]C(N(CC)CC)N(CC)CC)c1. The van der Waals surface area contributed by atoms with Crippen molar-refractivity contribution in [2.75, 3.05) is 26.2 Å². The lowest BCUT2D eigenvalue weighted by Gasteiger charge is -2.38. The van der Waals surface area contributed by atoms with Crippen molar-refractivity contribution in [2.24, 2.45) is 0 Å². The highest BCUT2D eigenvalue weighted by molar-refractivity contribution is 6.55. The first-order chi connectivity index (χ1) is 10.1. The van der Waals surface area contributed by atoms with Gasteiger partial charge < -0.3 is 0 Å². The normalized spacial score (nSPS) is 12.2. The quantitative estimate of drug-likeness (QED) is 0.511. The highest BCUT2D eigenvalue weighted by atomic mass is 28.2. The maximum Gasteiger partial charge on any atom is 0.0923 e. The number of allylic oxidation sites excluding steroid dienone is 1. The van der Waals surface area contributed by atoms with Gasteiger partial charge in [-0.05, 0) is 38.7 Å². The van der Waals surface area contributed by atoms with E-state index < -0.39 is 0 Å². The first kappa shape index (κ1) is 18.1. The molecule has 0 radical (unpaired) electrons. The van der Waals surface area contributed by atoms with Crippen LogP contribution in [-0.4, -0.2) is 51.3 Å². The summed E-state index contributed by atoms with van der Waals surface area (Å²) in [5.74, 6) is 0.621. The number of benzene rings is 1. The molecule has 0 N–H and O–H groups in total. The molecule has 0 unspecified atom stereocenters. The van der Waals surface area contributed by atoms with Crippen LogP contribution in [0.25, 0.3) is 5.57 Å². The van der Waals surface area contributed by atoms with Gasteiger partial charge in [-0.2, -0.15) is 0 Å². The Morgan fingerprint density at radius 3 is 2.00 bits per heavy atom. The van der Waals surface area contributed by atoms with Gasteiger partial charge in [0, 0.05) is 5.79 Å². The Bertz CT molecular complexity index is 425. The average Bonchev–Trinajstić information content (AvgIpc) is 2.49. The molecule has 0 aromatic heterocycles. The predicted octanol–water partition coefficient (Wildman–Crippen LogP) is 2.48. The zero-order valence-electron chi connectivity index (χ0n) is 14.5. The van der Waals surface area contributed by atoms with Crippen molar-refractivity contribution in [1.29, 1.82) is 0 Å². The molecule has 3 heteroatoms. The summed E-state index contributed by atoms with van der Waals surface area (Å²) in [7, 11) is -0.379. The highest BCUT2D eigenvalue weighted by Crippen LogP contribution is 2.10. The molecular formula is C18H32N2Si. The maximum atomic E-state index is 4.08.